The molecule has 26 heavy (non-hydrogen) atoms. The molecule has 7 heteroatoms. The molecule has 1 aromatic carbocycles. The zero-order valence-corrected chi connectivity index (χ0v) is 16.4. The fourth-order valence-corrected chi connectivity index (χ4v) is 3.09. The number of nitrogens with one attached hydrogen (secondary N) is 2. The van der Waals surface area contributed by atoms with Crippen LogP contribution in [0.25, 0.3) is 10.6 Å². The Bertz CT molecular complexity index is 765. The normalized spacial score (nSPS) is 11.1. The second-order valence-electron chi connectivity index (χ2n) is 6.89. The average Bonchev–Trinajstić information content (AvgIpc) is 3.03. The molecule has 0 bridgehead atoms. The minimum atomic E-state index is -0.516. The van der Waals surface area contributed by atoms with Crippen LogP contribution in [-0.4, -0.2) is 35.7 Å². The third-order valence-electron chi connectivity index (χ3n) is 3.42. The van der Waals surface area contributed by atoms with Crippen LogP contribution in [0.4, 0.5) is 4.79 Å². The van der Waals surface area contributed by atoms with Gasteiger partial charge in [0, 0.05) is 24.0 Å². The fourth-order valence-electron chi connectivity index (χ4n) is 2.20. The predicted molar refractivity (Wildman–Crippen MR) is 103 cm³/mol. The SMILES string of the molecule is Cc1ccccc1-c1nc(C(=O)NCCCNC(=O)OC(C)(C)C)cs1. The first kappa shape index (κ1) is 19.9. The van der Waals surface area contributed by atoms with E-state index in [1.54, 1.807) is 5.38 Å². The molecule has 0 unspecified atom stereocenters. The number of aryl methyl sites for hydroxylation is 1. The Morgan fingerprint density at radius 1 is 1.15 bits per heavy atom. The van der Waals surface area contributed by atoms with Crippen molar-refractivity contribution >= 4 is 23.3 Å². The molecule has 0 spiro atoms. The zero-order chi connectivity index (χ0) is 19.2. The maximum atomic E-state index is 12.2. The maximum Gasteiger partial charge on any atom is 0.407 e. The average molecular weight is 375 g/mol. The van der Waals surface area contributed by atoms with Gasteiger partial charge in [-0.2, -0.15) is 0 Å². The van der Waals surface area contributed by atoms with Crippen LogP contribution in [0.2, 0.25) is 0 Å². The second kappa shape index (κ2) is 8.80. The number of amides is 2. The summed E-state index contributed by atoms with van der Waals surface area (Å²) in [4.78, 5) is 28.1. The summed E-state index contributed by atoms with van der Waals surface area (Å²) < 4.78 is 5.14. The second-order valence-corrected chi connectivity index (χ2v) is 7.75. The van der Waals surface area contributed by atoms with Gasteiger partial charge in [-0.1, -0.05) is 24.3 Å². The van der Waals surface area contributed by atoms with E-state index in [1.807, 2.05) is 52.0 Å². The summed E-state index contributed by atoms with van der Waals surface area (Å²) in [6.07, 6.45) is 0.158. The van der Waals surface area contributed by atoms with Gasteiger partial charge in [0.25, 0.3) is 5.91 Å². The summed E-state index contributed by atoms with van der Waals surface area (Å²) in [7, 11) is 0. The molecule has 0 atom stereocenters. The summed E-state index contributed by atoms with van der Waals surface area (Å²) in [5.41, 5.74) is 2.06. The molecule has 0 saturated carbocycles. The highest BCUT2D eigenvalue weighted by Crippen LogP contribution is 2.26. The van der Waals surface area contributed by atoms with Crippen molar-refractivity contribution in [3.8, 4) is 10.6 Å². The van der Waals surface area contributed by atoms with E-state index in [0.717, 1.165) is 16.1 Å². The fraction of sp³-hybridized carbons (Fsp3) is 0.421. The number of thiazole rings is 1. The van der Waals surface area contributed by atoms with Crippen LogP contribution in [0.15, 0.2) is 29.6 Å². The molecule has 6 nitrogen and oxygen atoms in total. The van der Waals surface area contributed by atoms with E-state index in [4.69, 9.17) is 4.74 Å². The third-order valence-corrected chi connectivity index (χ3v) is 4.30. The van der Waals surface area contributed by atoms with E-state index in [1.165, 1.54) is 11.3 Å². The van der Waals surface area contributed by atoms with Gasteiger partial charge in [-0.3, -0.25) is 4.79 Å². The van der Waals surface area contributed by atoms with Gasteiger partial charge >= 0.3 is 6.09 Å². The van der Waals surface area contributed by atoms with Crippen molar-refractivity contribution < 1.29 is 14.3 Å². The molecule has 140 valence electrons. The van der Waals surface area contributed by atoms with Gasteiger partial charge in [0.1, 0.15) is 16.3 Å². The smallest absolute Gasteiger partial charge is 0.407 e. The van der Waals surface area contributed by atoms with Crippen LogP contribution in [0.5, 0.6) is 0 Å². The Morgan fingerprint density at radius 2 is 1.85 bits per heavy atom. The summed E-state index contributed by atoms with van der Waals surface area (Å²) in [5.74, 6) is -0.210. The molecule has 2 aromatic rings. The number of rotatable bonds is 6. The number of alkyl carbamates (subject to hydrolysis) is 1. The van der Waals surface area contributed by atoms with Crippen LogP contribution in [0, 0.1) is 6.92 Å². The monoisotopic (exact) mass is 375 g/mol. The van der Waals surface area contributed by atoms with Crippen molar-refractivity contribution in [1.82, 2.24) is 15.6 Å². The van der Waals surface area contributed by atoms with E-state index < -0.39 is 11.7 Å². The highest BCUT2D eigenvalue weighted by atomic mass is 32.1. The number of benzene rings is 1. The van der Waals surface area contributed by atoms with E-state index in [2.05, 4.69) is 15.6 Å². The van der Waals surface area contributed by atoms with Crippen molar-refractivity contribution in [3.63, 3.8) is 0 Å². The lowest BCUT2D eigenvalue weighted by molar-refractivity contribution is 0.0527. The molecule has 0 radical (unpaired) electrons. The Kier molecular flexibility index (Phi) is 6.74. The molecule has 1 aromatic heterocycles. The number of hydrogen-bond acceptors (Lipinski definition) is 5. The standard InChI is InChI=1S/C19H25N3O3S/c1-13-8-5-6-9-14(13)17-22-15(12-26-17)16(23)20-10-7-11-21-18(24)25-19(2,3)4/h5-6,8-9,12H,7,10-11H2,1-4H3,(H,20,23)(H,21,24). The van der Waals surface area contributed by atoms with E-state index in [-0.39, 0.29) is 5.91 Å². The summed E-state index contributed by atoms with van der Waals surface area (Å²) in [5, 5.41) is 8.07. The molecule has 2 amide bonds. The number of ether oxygens (including phenoxy) is 1. The van der Waals surface area contributed by atoms with Crippen molar-refractivity contribution in [2.45, 2.75) is 39.7 Å². The van der Waals surface area contributed by atoms with E-state index in [0.29, 0.717) is 25.2 Å². The van der Waals surface area contributed by atoms with Gasteiger partial charge in [-0.05, 0) is 39.7 Å². The van der Waals surface area contributed by atoms with Crippen LogP contribution in [-0.2, 0) is 4.74 Å². The van der Waals surface area contributed by atoms with Gasteiger partial charge in [-0.15, -0.1) is 11.3 Å². The lowest BCUT2D eigenvalue weighted by Gasteiger charge is -2.19. The Labute approximate surface area is 158 Å². The quantitative estimate of drug-likeness (QED) is 0.753. The highest BCUT2D eigenvalue weighted by molar-refractivity contribution is 7.13. The van der Waals surface area contributed by atoms with Crippen molar-refractivity contribution in [3.05, 3.63) is 40.9 Å². The number of carbonyl (C=O) groups excluding carboxylic acids is 2. The van der Waals surface area contributed by atoms with E-state index >= 15 is 0 Å². The first-order valence-electron chi connectivity index (χ1n) is 8.53. The number of carbonyl (C=O) groups is 2. The van der Waals surface area contributed by atoms with Gasteiger partial charge < -0.3 is 15.4 Å². The molecule has 0 saturated heterocycles. The van der Waals surface area contributed by atoms with Gasteiger partial charge in [-0.25, -0.2) is 9.78 Å². The van der Waals surface area contributed by atoms with Crippen LogP contribution in [0.3, 0.4) is 0 Å². The molecule has 0 aliphatic rings. The van der Waals surface area contributed by atoms with Gasteiger partial charge in [0.2, 0.25) is 0 Å². The summed E-state index contributed by atoms with van der Waals surface area (Å²) >= 11 is 1.45. The molecule has 2 N–H and O–H groups in total. The van der Waals surface area contributed by atoms with Crippen LogP contribution < -0.4 is 10.6 Å². The molecule has 2 rings (SSSR count). The minimum absolute atomic E-state index is 0.210. The number of hydrogen-bond donors (Lipinski definition) is 2. The topological polar surface area (TPSA) is 80.3 Å². The van der Waals surface area contributed by atoms with Crippen molar-refractivity contribution in [1.29, 1.82) is 0 Å². The maximum absolute atomic E-state index is 12.2. The predicted octanol–water partition coefficient (Wildman–Crippen LogP) is 3.76. The number of nitrogens with zero attached hydrogens (tertiary/aromatic N) is 1. The summed E-state index contributed by atoms with van der Waals surface area (Å²) in [6, 6.07) is 7.96. The largest absolute Gasteiger partial charge is 0.444 e. The molecule has 0 aliphatic heterocycles. The molecule has 1 heterocycles. The minimum Gasteiger partial charge on any atom is -0.444 e. The molecular weight excluding hydrogens is 350 g/mol. The highest BCUT2D eigenvalue weighted by Gasteiger charge is 2.15. The third kappa shape index (κ3) is 6.15. The Balaban J connectivity index is 1.76. The van der Waals surface area contributed by atoms with Crippen molar-refractivity contribution in [2.24, 2.45) is 0 Å². The van der Waals surface area contributed by atoms with Gasteiger partial charge in [0.15, 0.2) is 0 Å². The first-order valence-corrected chi connectivity index (χ1v) is 9.41. The summed E-state index contributed by atoms with van der Waals surface area (Å²) in [6.45, 7) is 8.34. The van der Waals surface area contributed by atoms with Crippen molar-refractivity contribution in [2.75, 3.05) is 13.1 Å². The zero-order valence-electron chi connectivity index (χ0n) is 15.6. The molecular formula is C19H25N3O3S. The lowest BCUT2D eigenvalue weighted by Crippen LogP contribution is -2.34. The van der Waals surface area contributed by atoms with E-state index in [9.17, 15) is 9.59 Å². The molecule has 0 fully saturated rings. The van der Waals surface area contributed by atoms with Gasteiger partial charge in [0.05, 0.1) is 0 Å². The van der Waals surface area contributed by atoms with Crippen LogP contribution in [0.1, 0.15) is 43.2 Å². The van der Waals surface area contributed by atoms with Crippen LogP contribution >= 0.6 is 11.3 Å². The first-order chi connectivity index (χ1) is 12.3. The number of aromatic nitrogens is 1. The lowest BCUT2D eigenvalue weighted by atomic mass is 10.1. The Morgan fingerprint density at radius 3 is 2.54 bits per heavy atom. The Hall–Kier alpha value is -2.41. The molecule has 0 aliphatic carbocycles.